The van der Waals surface area contributed by atoms with E-state index in [0.717, 1.165) is 38.8 Å². The van der Waals surface area contributed by atoms with Crippen molar-refractivity contribution in [2.45, 2.75) is 33.7 Å². The minimum absolute atomic E-state index is 0.205. The van der Waals surface area contributed by atoms with Gasteiger partial charge in [0.15, 0.2) is 0 Å². The fraction of sp³-hybridized carbons (Fsp3) is 0.368. The molecule has 0 aliphatic carbocycles. The lowest BCUT2D eigenvalue weighted by Gasteiger charge is -2.18. The maximum Gasteiger partial charge on any atom is 0.125 e. The number of aryl methyl sites for hydroxylation is 4. The van der Waals surface area contributed by atoms with Crippen molar-refractivity contribution in [1.82, 2.24) is 0 Å². The number of rotatable bonds is 6. The molecule has 0 saturated heterocycles. The summed E-state index contributed by atoms with van der Waals surface area (Å²) in [4.78, 5) is 0. The summed E-state index contributed by atoms with van der Waals surface area (Å²) in [7, 11) is 0. The minimum atomic E-state index is -0.205. The Balaban J connectivity index is 1.92. The largest absolute Gasteiger partial charge is 0.491 e. The number of nitrogens with two attached hydrogens (primary N) is 1. The third kappa shape index (κ3) is 4.63. The summed E-state index contributed by atoms with van der Waals surface area (Å²) in [5.41, 5.74) is 10.4. The first-order valence-electron chi connectivity index (χ1n) is 7.72. The van der Waals surface area contributed by atoms with Crippen LogP contribution in [-0.4, -0.2) is 19.3 Å². The van der Waals surface area contributed by atoms with Crippen LogP contribution in [0.5, 0.6) is 11.5 Å². The molecule has 0 aromatic heterocycles. The second-order valence-corrected chi connectivity index (χ2v) is 6.41. The van der Waals surface area contributed by atoms with Gasteiger partial charge in [0, 0.05) is 5.02 Å². The van der Waals surface area contributed by atoms with Gasteiger partial charge in [0.2, 0.25) is 0 Å². The molecule has 2 aromatic rings. The fourth-order valence-electron chi connectivity index (χ4n) is 2.58. The number of benzene rings is 2. The Hall–Kier alpha value is -1.71. The lowest BCUT2D eigenvalue weighted by Crippen LogP contribution is -2.34. The minimum Gasteiger partial charge on any atom is -0.491 e. The van der Waals surface area contributed by atoms with Crippen molar-refractivity contribution < 1.29 is 9.47 Å². The van der Waals surface area contributed by atoms with Crippen LogP contribution in [0, 0.1) is 27.7 Å². The van der Waals surface area contributed by atoms with Gasteiger partial charge in [-0.1, -0.05) is 29.8 Å². The highest BCUT2D eigenvalue weighted by Crippen LogP contribution is 2.27. The van der Waals surface area contributed by atoms with E-state index < -0.39 is 0 Å². The molecule has 0 bridgehead atoms. The van der Waals surface area contributed by atoms with Gasteiger partial charge in [-0.2, -0.15) is 0 Å². The van der Waals surface area contributed by atoms with E-state index in [-0.39, 0.29) is 6.04 Å². The molecule has 1 unspecified atom stereocenters. The third-order valence-corrected chi connectivity index (χ3v) is 3.94. The highest BCUT2D eigenvalue weighted by molar-refractivity contribution is 6.30. The molecule has 0 amide bonds. The lowest BCUT2D eigenvalue weighted by molar-refractivity contribution is 0.217. The summed E-state index contributed by atoms with van der Waals surface area (Å²) in [6.07, 6.45) is 0. The normalized spacial score (nSPS) is 12.1. The Morgan fingerprint density at radius 3 is 1.78 bits per heavy atom. The van der Waals surface area contributed by atoms with Gasteiger partial charge >= 0.3 is 0 Å². The van der Waals surface area contributed by atoms with E-state index in [1.54, 1.807) is 0 Å². The van der Waals surface area contributed by atoms with Gasteiger partial charge in [-0.25, -0.2) is 0 Å². The topological polar surface area (TPSA) is 44.5 Å². The molecular formula is C19H24ClNO2. The van der Waals surface area contributed by atoms with E-state index in [1.807, 2.05) is 58.0 Å². The SMILES string of the molecule is Cc1cccc(C)c1OCC(N)COc1c(C)cc(Cl)cc1C. The smallest absolute Gasteiger partial charge is 0.125 e. The zero-order valence-corrected chi connectivity index (χ0v) is 14.9. The van der Waals surface area contributed by atoms with E-state index in [4.69, 9.17) is 26.8 Å². The maximum atomic E-state index is 6.12. The van der Waals surface area contributed by atoms with Crippen molar-refractivity contribution in [1.29, 1.82) is 0 Å². The zero-order chi connectivity index (χ0) is 17.0. The maximum absolute atomic E-state index is 6.12. The molecule has 0 saturated carbocycles. The van der Waals surface area contributed by atoms with E-state index in [2.05, 4.69) is 0 Å². The van der Waals surface area contributed by atoms with Crippen LogP contribution >= 0.6 is 11.6 Å². The van der Waals surface area contributed by atoms with E-state index in [0.29, 0.717) is 13.2 Å². The van der Waals surface area contributed by atoms with Gasteiger partial charge in [0.05, 0.1) is 6.04 Å². The first-order chi connectivity index (χ1) is 10.9. The van der Waals surface area contributed by atoms with E-state index in [1.165, 1.54) is 0 Å². The van der Waals surface area contributed by atoms with Gasteiger partial charge in [-0.05, 0) is 62.1 Å². The molecule has 0 aliphatic rings. The predicted molar refractivity (Wildman–Crippen MR) is 95.8 cm³/mol. The number of ether oxygens (including phenoxy) is 2. The number of hydrogen-bond donors (Lipinski definition) is 1. The number of halogens is 1. The zero-order valence-electron chi connectivity index (χ0n) is 14.2. The van der Waals surface area contributed by atoms with Crippen LogP contribution < -0.4 is 15.2 Å². The number of hydrogen-bond acceptors (Lipinski definition) is 3. The van der Waals surface area contributed by atoms with Crippen molar-refractivity contribution in [3.05, 3.63) is 57.6 Å². The molecule has 3 nitrogen and oxygen atoms in total. The van der Waals surface area contributed by atoms with Crippen LogP contribution in [0.2, 0.25) is 5.02 Å². The molecule has 2 N–H and O–H groups in total. The molecular weight excluding hydrogens is 310 g/mol. The Labute approximate surface area is 143 Å². The molecule has 2 aromatic carbocycles. The third-order valence-electron chi connectivity index (χ3n) is 3.72. The predicted octanol–water partition coefficient (Wildman–Crippen LogP) is 4.36. The average molecular weight is 334 g/mol. The Morgan fingerprint density at radius 2 is 1.30 bits per heavy atom. The first kappa shape index (κ1) is 17.6. The van der Waals surface area contributed by atoms with E-state index in [9.17, 15) is 0 Å². The molecule has 0 heterocycles. The van der Waals surface area contributed by atoms with E-state index >= 15 is 0 Å². The summed E-state index contributed by atoms with van der Waals surface area (Å²) in [6.45, 7) is 8.83. The second-order valence-electron chi connectivity index (χ2n) is 5.97. The quantitative estimate of drug-likeness (QED) is 0.854. The molecule has 124 valence electrons. The highest BCUT2D eigenvalue weighted by atomic mass is 35.5. The monoisotopic (exact) mass is 333 g/mol. The molecule has 0 radical (unpaired) electrons. The van der Waals surface area contributed by atoms with Gasteiger partial charge in [0.25, 0.3) is 0 Å². The molecule has 4 heteroatoms. The van der Waals surface area contributed by atoms with Crippen molar-refractivity contribution in [2.75, 3.05) is 13.2 Å². The molecule has 0 fully saturated rings. The van der Waals surface area contributed by atoms with Crippen molar-refractivity contribution in [3.8, 4) is 11.5 Å². The van der Waals surface area contributed by atoms with Crippen LogP contribution in [0.4, 0.5) is 0 Å². The van der Waals surface area contributed by atoms with Gasteiger partial charge in [-0.3, -0.25) is 0 Å². The summed E-state index contributed by atoms with van der Waals surface area (Å²) in [5, 5.41) is 0.718. The molecule has 23 heavy (non-hydrogen) atoms. The summed E-state index contributed by atoms with van der Waals surface area (Å²) < 4.78 is 11.7. The van der Waals surface area contributed by atoms with Crippen molar-refractivity contribution in [3.63, 3.8) is 0 Å². The Morgan fingerprint density at radius 1 is 0.870 bits per heavy atom. The lowest BCUT2D eigenvalue weighted by atomic mass is 10.1. The van der Waals surface area contributed by atoms with Gasteiger partial charge < -0.3 is 15.2 Å². The Bertz CT molecular complexity index is 642. The summed E-state index contributed by atoms with van der Waals surface area (Å²) in [6, 6.07) is 9.66. The van der Waals surface area contributed by atoms with Gasteiger partial charge in [0.1, 0.15) is 24.7 Å². The molecule has 2 rings (SSSR count). The average Bonchev–Trinajstić information content (AvgIpc) is 2.45. The van der Waals surface area contributed by atoms with Gasteiger partial charge in [-0.15, -0.1) is 0 Å². The molecule has 0 aliphatic heterocycles. The first-order valence-corrected chi connectivity index (χ1v) is 8.10. The van der Waals surface area contributed by atoms with Crippen LogP contribution in [0.1, 0.15) is 22.3 Å². The summed E-state index contributed by atoms with van der Waals surface area (Å²) >= 11 is 6.03. The van der Waals surface area contributed by atoms with Crippen LogP contribution in [0.25, 0.3) is 0 Å². The standard InChI is InChI=1S/C19H24ClNO2/c1-12-6-5-7-13(2)18(12)22-10-17(21)11-23-19-14(3)8-16(20)9-15(19)4/h5-9,17H,10-11,21H2,1-4H3. The molecule has 1 atom stereocenters. The summed E-state index contributed by atoms with van der Waals surface area (Å²) in [5.74, 6) is 1.75. The highest BCUT2D eigenvalue weighted by Gasteiger charge is 2.11. The number of para-hydroxylation sites is 1. The van der Waals surface area contributed by atoms with Crippen molar-refractivity contribution in [2.24, 2.45) is 5.73 Å². The second kappa shape index (κ2) is 7.71. The Kier molecular flexibility index (Phi) is 5.91. The fourth-order valence-corrected chi connectivity index (χ4v) is 2.91. The van der Waals surface area contributed by atoms with Crippen molar-refractivity contribution >= 4 is 11.6 Å². The van der Waals surface area contributed by atoms with Crippen LogP contribution in [0.3, 0.4) is 0 Å². The van der Waals surface area contributed by atoms with Crippen LogP contribution in [0.15, 0.2) is 30.3 Å². The van der Waals surface area contributed by atoms with Crippen LogP contribution in [-0.2, 0) is 0 Å². The molecule has 0 spiro atoms.